The molecule has 5 heteroatoms. The minimum Gasteiger partial charge on any atom is -0.357 e. The van der Waals surface area contributed by atoms with Gasteiger partial charge >= 0.3 is 0 Å². The molecular weight excluding hydrogens is 286 g/mol. The summed E-state index contributed by atoms with van der Waals surface area (Å²) in [5.74, 6) is 0.998. The van der Waals surface area contributed by atoms with Crippen LogP contribution in [0, 0.1) is 0 Å². The number of nitrogens with zero attached hydrogens (tertiary/aromatic N) is 4. The van der Waals surface area contributed by atoms with Gasteiger partial charge in [0.1, 0.15) is 0 Å². The molecule has 1 unspecified atom stereocenters. The third kappa shape index (κ3) is 5.27. The molecule has 2 rings (SSSR count). The van der Waals surface area contributed by atoms with Crippen LogP contribution in [0.4, 0.5) is 0 Å². The van der Waals surface area contributed by atoms with Gasteiger partial charge in [-0.15, -0.1) is 0 Å². The van der Waals surface area contributed by atoms with E-state index in [-0.39, 0.29) is 0 Å². The van der Waals surface area contributed by atoms with Gasteiger partial charge in [-0.25, -0.2) is 0 Å². The summed E-state index contributed by atoms with van der Waals surface area (Å²) in [6.07, 6.45) is 6.13. The average molecular weight is 319 g/mol. The summed E-state index contributed by atoms with van der Waals surface area (Å²) in [6.45, 7) is 9.39. The Morgan fingerprint density at radius 1 is 1.43 bits per heavy atom. The predicted octanol–water partition coefficient (Wildman–Crippen LogP) is 2.30. The van der Waals surface area contributed by atoms with Gasteiger partial charge in [-0.2, -0.15) is 0 Å². The zero-order valence-electron chi connectivity index (χ0n) is 15.3. The lowest BCUT2D eigenvalue weighted by molar-refractivity contribution is 0.165. The van der Waals surface area contributed by atoms with Gasteiger partial charge in [-0.1, -0.05) is 6.42 Å². The van der Waals surface area contributed by atoms with Crippen LogP contribution in [0.15, 0.2) is 23.3 Å². The molecule has 2 heterocycles. The molecule has 1 N–H and O–H groups in total. The quantitative estimate of drug-likeness (QED) is 0.645. The SMILES string of the molecule is CCNC(=NCCN1CCCCC1C)N(C)Cc1cccn1C. The Hall–Kier alpha value is -1.49. The van der Waals surface area contributed by atoms with Gasteiger partial charge < -0.3 is 14.8 Å². The summed E-state index contributed by atoms with van der Waals surface area (Å²) >= 11 is 0. The van der Waals surface area contributed by atoms with Crippen molar-refractivity contribution in [2.45, 2.75) is 45.7 Å². The minimum absolute atomic E-state index is 0.711. The number of aryl methyl sites for hydroxylation is 1. The van der Waals surface area contributed by atoms with Crippen molar-refractivity contribution in [2.75, 3.05) is 33.2 Å². The van der Waals surface area contributed by atoms with Crippen LogP contribution in [0.25, 0.3) is 0 Å². The number of aliphatic imine (C=N–C) groups is 1. The summed E-state index contributed by atoms with van der Waals surface area (Å²) in [4.78, 5) is 9.62. The van der Waals surface area contributed by atoms with E-state index in [2.05, 4.69) is 66.0 Å². The van der Waals surface area contributed by atoms with Crippen molar-refractivity contribution in [1.29, 1.82) is 0 Å². The van der Waals surface area contributed by atoms with Crippen LogP contribution in [0.3, 0.4) is 0 Å². The first-order valence-corrected chi connectivity index (χ1v) is 8.95. The molecule has 23 heavy (non-hydrogen) atoms. The number of hydrogen-bond donors (Lipinski definition) is 1. The normalized spacial score (nSPS) is 19.8. The van der Waals surface area contributed by atoms with Crippen LogP contribution in [0.2, 0.25) is 0 Å². The first-order chi connectivity index (χ1) is 11.1. The number of piperidine rings is 1. The Balaban J connectivity index is 1.89. The Morgan fingerprint density at radius 2 is 2.26 bits per heavy atom. The third-order valence-corrected chi connectivity index (χ3v) is 4.74. The second-order valence-electron chi connectivity index (χ2n) is 6.58. The van der Waals surface area contributed by atoms with Crippen molar-refractivity contribution in [3.8, 4) is 0 Å². The van der Waals surface area contributed by atoms with E-state index in [1.54, 1.807) is 0 Å². The van der Waals surface area contributed by atoms with E-state index in [9.17, 15) is 0 Å². The van der Waals surface area contributed by atoms with E-state index in [0.717, 1.165) is 32.1 Å². The highest BCUT2D eigenvalue weighted by Gasteiger charge is 2.17. The van der Waals surface area contributed by atoms with Crippen molar-refractivity contribution in [3.05, 3.63) is 24.0 Å². The van der Waals surface area contributed by atoms with E-state index < -0.39 is 0 Å². The molecular formula is C18H33N5. The van der Waals surface area contributed by atoms with Gasteiger partial charge in [0.2, 0.25) is 0 Å². The fraction of sp³-hybridized carbons (Fsp3) is 0.722. The van der Waals surface area contributed by atoms with Gasteiger partial charge in [-0.05, 0) is 45.4 Å². The van der Waals surface area contributed by atoms with Crippen molar-refractivity contribution in [1.82, 2.24) is 19.7 Å². The van der Waals surface area contributed by atoms with Crippen molar-refractivity contribution in [2.24, 2.45) is 12.0 Å². The zero-order valence-corrected chi connectivity index (χ0v) is 15.3. The first-order valence-electron chi connectivity index (χ1n) is 8.95. The fourth-order valence-corrected chi connectivity index (χ4v) is 3.22. The number of aromatic nitrogens is 1. The van der Waals surface area contributed by atoms with Crippen LogP contribution < -0.4 is 5.32 Å². The predicted molar refractivity (Wildman–Crippen MR) is 97.7 cm³/mol. The number of rotatable bonds is 6. The molecule has 0 bridgehead atoms. The van der Waals surface area contributed by atoms with Crippen LogP contribution >= 0.6 is 0 Å². The van der Waals surface area contributed by atoms with Crippen molar-refractivity contribution >= 4 is 5.96 Å². The standard InChI is InChI=1S/C18H33N5/c1-5-19-18(22(4)15-17-10-8-12-21(17)3)20-11-14-23-13-7-6-9-16(23)2/h8,10,12,16H,5-7,9,11,13-15H2,1-4H3,(H,19,20). The maximum absolute atomic E-state index is 4.83. The molecule has 0 radical (unpaired) electrons. The molecule has 0 aromatic carbocycles. The van der Waals surface area contributed by atoms with E-state index in [0.29, 0.717) is 6.04 Å². The highest BCUT2D eigenvalue weighted by Crippen LogP contribution is 2.15. The highest BCUT2D eigenvalue weighted by molar-refractivity contribution is 5.79. The van der Waals surface area contributed by atoms with Gasteiger partial charge in [0, 0.05) is 45.1 Å². The molecule has 130 valence electrons. The minimum atomic E-state index is 0.711. The maximum Gasteiger partial charge on any atom is 0.194 e. The van der Waals surface area contributed by atoms with Crippen LogP contribution in [0.5, 0.6) is 0 Å². The van der Waals surface area contributed by atoms with E-state index in [4.69, 9.17) is 4.99 Å². The summed E-state index contributed by atoms with van der Waals surface area (Å²) in [6, 6.07) is 4.96. The lowest BCUT2D eigenvalue weighted by Crippen LogP contribution is -2.41. The van der Waals surface area contributed by atoms with Gasteiger partial charge in [0.25, 0.3) is 0 Å². The average Bonchev–Trinajstić information content (AvgIpc) is 2.93. The summed E-state index contributed by atoms with van der Waals surface area (Å²) < 4.78 is 2.16. The Labute approximate surface area is 141 Å². The van der Waals surface area contributed by atoms with Crippen LogP contribution in [0.1, 0.15) is 38.8 Å². The number of nitrogens with one attached hydrogen (secondary N) is 1. The van der Waals surface area contributed by atoms with Crippen LogP contribution in [-0.4, -0.2) is 59.6 Å². The zero-order chi connectivity index (χ0) is 16.7. The molecule has 0 saturated carbocycles. The molecule has 0 amide bonds. The van der Waals surface area contributed by atoms with Gasteiger partial charge in [0.05, 0.1) is 13.1 Å². The van der Waals surface area contributed by atoms with Crippen LogP contribution in [-0.2, 0) is 13.6 Å². The molecule has 0 aliphatic carbocycles. The van der Waals surface area contributed by atoms with Crippen molar-refractivity contribution in [3.63, 3.8) is 0 Å². The second-order valence-corrected chi connectivity index (χ2v) is 6.58. The Kier molecular flexibility index (Phi) is 6.96. The summed E-state index contributed by atoms with van der Waals surface area (Å²) in [5.41, 5.74) is 1.29. The topological polar surface area (TPSA) is 35.8 Å². The molecule has 1 aromatic rings. The van der Waals surface area contributed by atoms with Gasteiger partial charge in [-0.3, -0.25) is 9.89 Å². The molecule has 1 aromatic heterocycles. The molecule has 1 saturated heterocycles. The molecule has 5 nitrogen and oxygen atoms in total. The lowest BCUT2D eigenvalue weighted by Gasteiger charge is -2.33. The second kappa shape index (κ2) is 8.96. The van der Waals surface area contributed by atoms with E-state index in [1.165, 1.54) is 31.5 Å². The maximum atomic E-state index is 4.83. The number of hydrogen-bond acceptors (Lipinski definition) is 2. The molecule has 1 aliphatic heterocycles. The smallest absolute Gasteiger partial charge is 0.194 e. The summed E-state index contributed by atoms with van der Waals surface area (Å²) in [5, 5.41) is 3.41. The van der Waals surface area contributed by atoms with Crippen molar-refractivity contribution < 1.29 is 0 Å². The van der Waals surface area contributed by atoms with Gasteiger partial charge in [0.15, 0.2) is 5.96 Å². The highest BCUT2D eigenvalue weighted by atomic mass is 15.3. The Morgan fingerprint density at radius 3 is 2.91 bits per heavy atom. The van der Waals surface area contributed by atoms with E-state index in [1.807, 2.05) is 0 Å². The molecule has 1 atom stereocenters. The molecule has 1 fully saturated rings. The van der Waals surface area contributed by atoms with E-state index >= 15 is 0 Å². The number of guanidine groups is 1. The lowest BCUT2D eigenvalue weighted by atomic mass is 10.0. The first kappa shape index (κ1) is 17.9. The fourth-order valence-electron chi connectivity index (χ4n) is 3.22. The monoisotopic (exact) mass is 319 g/mol. The molecule has 0 spiro atoms. The largest absolute Gasteiger partial charge is 0.357 e. The summed E-state index contributed by atoms with van der Waals surface area (Å²) in [7, 11) is 4.20. The number of likely N-dealkylation sites (tertiary alicyclic amines) is 1. The third-order valence-electron chi connectivity index (χ3n) is 4.74. The Bertz CT molecular complexity index is 493. The molecule has 1 aliphatic rings.